The van der Waals surface area contributed by atoms with Crippen LogP contribution in [0, 0.1) is 0 Å². The van der Waals surface area contributed by atoms with E-state index in [0.29, 0.717) is 22.2 Å². The first-order valence-corrected chi connectivity index (χ1v) is 11.3. The van der Waals surface area contributed by atoms with Gasteiger partial charge >= 0.3 is 0 Å². The van der Waals surface area contributed by atoms with Crippen molar-refractivity contribution in [2.45, 2.75) is 5.03 Å². The zero-order valence-corrected chi connectivity index (χ0v) is 19.1. The van der Waals surface area contributed by atoms with Crippen molar-refractivity contribution < 1.29 is 14.3 Å². The monoisotopic (exact) mass is 457 g/mol. The number of carbonyl (C=O) groups excluding carboxylic acids is 1. The minimum Gasteiger partial charge on any atom is -0.493 e. The molecule has 1 heterocycles. The molecule has 0 bridgehead atoms. The second-order valence-electron chi connectivity index (χ2n) is 7.11. The molecule has 166 valence electrons. The van der Waals surface area contributed by atoms with Crippen LogP contribution in [-0.2, 0) is 4.79 Å². The fourth-order valence-corrected chi connectivity index (χ4v) is 3.88. The van der Waals surface area contributed by atoms with Gasteiger partial charge in [0.05, 0.1) is 25.7 Å². The number of nitrogens with zero attached hydrogens (tertiary/aromatic N) is 2. The molecule has 0 spiro atoms. The lowest BCUT2D eigenvalue weighted by atomic mass is 10.0. The average molecular weight is 458 g/mol. The SMILES string of the molecule is COc1ccc(NC(=O)CSc2ccc(-c3ccc(-c4ccccc4)cc3)nn2)cc1OC. The Bertz CT molecular complexity index is 1210. The molecule has 1 amide bonds. The molecule has 0 unspecified atom stereocenters. The Hall–Kier alpha value is -3.84. The van der Waals surface area contributed by atoms with Crippen molar-refractivity contribution >= 4 is 23.4 Å². The van der Waals surface area contributed by atoms with Crippen LogP contribution in [0.4, 0.5) is 5.69 Å². The highest BCUT2D eigenvalue weighted by atomic mass is 32.2. The van der Waals surface area contributed by atoms with Crippen LogP contribution >= 0.6 is 11.8 Å². The van der Waals surface area contributed by atoms with E-state index in [2.05, 4.69) is 39.8 Å². The van der Waals surface area contributed by atoms with Crippen LogP contribution in [0.1, 0.15) is 0 Å². The second kappa shape index (κ2) is 10.7. The molecule has 1 N–H and O–H groups in total. The van der Waals surface area contributed by atoms with Gasteiger partial charge in [-0.1, -0.05) is 66.4 Å². The maximum Gasteiger partial charge on any atom is 0.234 e. The summed E-state index contributed by atoms with van der Waals surface area (Å²) in [5.41, 5.74) is 4.74. The number of hydrogen-bond donors (Lipinski definition) is 1. The Morgan fingerprint density at radius 2 is 1.48 bits per heavy atom. The predicted octanol–water partition coefficient (Wildman–Crippen LogP) is 5.56. The van der Waals surface area contributed by atoms with E-state index in [4.69, 9.17) is 9.47 Å². The highest BCUT2D eigenvalue weighted by Gasteiger charge is 2.09. The molecule has 3 aromatic carbocycles. The summed E-state index contributed by atoms with van der Waals surface area (Å²) in [6.45, 7) is 0. The quantitative estimate of drug-likeness (QED) is 0.349. The molecule has 1 aromatic heterocycles. The third-order valence-corrected chi connectivity index (χ3v) is 5.87. The minimum absolute atomic E-state index is 0.144. The molecule has 0 aliphatic rings. The summed E-state index contributed by atoms with van der Waals surface area (Å²) in [7, 11) is 3.12. The number of amides is 1. The van der Waals surface area contributed by atoms with Crippen LogP contribution in [0.2, 0.25) is 0 Å². The number of anilines is 1. The van der Waals surface area contributed by atoms with E-state index in [1.807, 2.05) is 42.5 Å². The minimum atomic E-state index is -0.144. The molecule has 0 saturated carbocycles. The number of ether oxygens (including phenoxy) is 2. The largest absolute Gasteiger partial charge is 0.493 e. The van der Waals surface area contributed by atoms with Gasteiger partial charge in [0.2, 0.25) is 5.91 Å². The summed E-state index contributed by atoms with van der Waals surface area (Å²) in [6, 6.07) is 27.5. The van der Waals surface area contributed by atoms with Crippen LogP contribution in [-0.4, -0.2) is 36.1 Å². The topological polar surface area (TPSA) is 73.3 Å². The molecule has 0 fully saturated rings. The van der Waals surface area contributed by atoms with E-state index < -0.39 is 0 Å². The normalized spacial score (nSPS) is 10.5. The van der Waals surface area contributed by atoms with Crippen molar-refractivity contribution in [3.05, 3.63) is 84.9 Å². The Kier molecular flexibility index (Phi) is 7.22. The maximum absolute atomic E-state index is 12.3. The van der Waals surface area contributed by atoms with E-state index in [1.54, 1.807) is 32.4 Å². The fourth-order valence-electron chi connectivity index (χ4n) is 3.27. The van der Waals surface area contributed by atoms with Crippen molar-refractivity contribution in [1.82, 2.24) is 10.2 Å². The first kappa shape index (κ1) is 22.4. The third kappa shape index (κ3) is 5.70. The fraction of sp³-hybridized carbons (Fsp3) is 0.115. The second-order valence-corrected chi connectivity index (χ2v) is 8.10. The Balaban J connectivity index is 1.34. The van der Waals surface area contributed by atoms with E-state index in [1.165, 1.54) is 17.3 Å². The average Bonchev–Trinajstić information content (AvgIpc) is 2.88. The molecular weight excluding hydrogens is 434 g/mol. The standard InChI is InChI=1S/C26H23N3O3S/c1-31-23-14-12-21(16-24(23)32-2)27-25(30)17-33-26-15-13-22(28-29-26)20-10-8-19(9-11-20)18-6-4-3-5-7-18/h3-16H,17H2,1-2H3,(H,27,30). The predicted molar refractivity (Wildman–Crippen MR) is 132 cm³/mol. The van der Waals surface area contributed by atoms with Gasteiger partial charge in [0, 0.05) is 17.3 Å². The van der Waals surface area contributed by atoms with Crippen LogP contribution < -0.4 is 14.8 Å². The van der Waals surface area contributed by atoms with Crippen molar-refractivity contribution in [1.29, 1.82) is 0 Å². The van der Waals surface area contributed by atoms with Crippen molar-refractivity contribution in [3.63, 3.8) is 0 Å². The van der Waals surface area contributed by atoms with E-state index in [9.17, 15) is 4.79 Å². The molecule has 0 aliphatic heterocycles. The van der Waals surface area contributed by atoms with Crippen LogP contribution in [0.25, 0.3) is 22.4 Å². The summed E-state index contributed by atoms with van der Waals surface area (Å²) in [4.78, 5) is 12.3. The molecular formula is C26H23N3O3S. The number of benzene rings is 3. The summed E-state index contributed by atoms with van der Waals surface area (Å²) < 4.78 is 10.5. The molecule has 4 aromatic rings. The number of thioether (sulfide) groups is 1. The summed E-state index contributed by atoms with van der Waals surface area (Å²) in [5, 5.41) is 12.1. The summed E-state index contributed by atoms with van der Waals surface area (Å²) in [5.74, 6) is 1.24. The first-order chi connectivity index (χ1) is 16.2. The maximum atomic E-state index is 12.3. The first-order valence-electron chi connectivity index (χ1n) is 10.3. The van der Waals surface area contributed by atoms with Gasteiger partial charge in [-0.15, -0.1) is 10.2 Å². The van der Waals surface area contributed by atoms with Crippen molar-refractivity contribution in [3.8, 4) is 33.9 Å². The molecule has 4 rings (SSSR count). The molecule has 0 atom stereocenters. The number of aromatic nitrogens is 2. The lowest BCUT2D eigenvalue weighted by molar-refractivity contribution is -0.113. The molecule has 0 radical (unpaired) electrons. The molecule has 33 heavy (non-hydrogen) atoms. The summed E-state index contributed by atoms with van der Waals surface area (Å²) in [6.07, 6.45) is 0. The molecule has 6 nitrogen and oxygen atoms in total. The number of rotatable bonds is 8. The van der Waals surface area contributed by atoms with E-state index in [-0.39, 0.29) is 11.7 Å². The number of nitrogens with one attached hydrogen (secondary N) is 1. The Labute approximate surface area is 197 Å². The Morgan fingerprint density at radius 1 is 0.788 bits per heavy atom. The third-order valence-electron chi connectivity index (χ3n) is 4.95. The lowest BCUT2D eigenvalue weighted by Gasteiger charge is -2.10. The van der Waals surface area contributed by atoms with Gasteiger partial charge in [0.15, 0.2) is 11.5 Å². The van der Waals surface area contributed by atoms with Crippen LogP contribution in [0.3, 0.4) is 0 Å². The number of methoxy groups -OCH3 is 2. The molecule has 0 saturated heterocycles. The van der Waals surface area contributed by atoms with Gasteiger partial charge < -0.3 is 14.8 Å². The van der Waals surface area contributed by atoms with E-state index >= 15 is 0 Å². The lowest BCUT2D eigenvalue weighted by Crippen LogP contribution is -2.14. The van der Waals surface area contributed by atoms with Crippen molar-refractivity contribution in [2.75, 3.05) is 25.3 Å². The molecule has 7 heteroatoms. The van der Waals surface area contributed by atoms with Crippen LogP contribution in [0.5, 0.6) is 11.5 Å². The highest BCUT2D eigenvalue weighted by Crippen LogP contribution is 2.30. The summed E-state index contributed by atoms with van der Waals surface area (Å²) >= 11 is 1.33. The zero-order chi connectivity index (χ0) is 23.0. The van der Waals surface area contributed by atoms with Gasteiger partial charge in [-0.05, 0) is 35.4 Å². The zero-order valence-electron chi connectivity index (χ0n) is 18.3. The van der Waals surface area contributed by atoms with E-state index in [0.717, 1.165) is 16.8 Å². The van der Waals surface area contributed by atoms with Gasteiger partial charge in [-0.25, -0.2) is 0 Å². The van der Waals surface area contributed by atoms with Gasteiger partial charge in [-0.2, -0.15) is 0 Å². The number of carbonyl (C=O) groups is 1. The van der Waals surface area contributed by atoms with Gasteiger partial charge in [0.25, 0.3) is 0 Å². The molecule has 0 aliphatic carbocycles. The van der Waals surface area contributed by atoms with Gasteiger partial charge in [-0.3, -0.25) is 4.79 Å². The van der Waals surface area contributed by atoms with Crippen molar-refractivity contribution in [2.24, 2.45) is 0 Å². The number of hydrogen-bond acceptors (Lipinski definition) is 6. The highest BCUT2D eigenvalue weighted by molar-refractivity contribution is 7.99. The Morgan fingerprint density at radius 3 is 2.15 bits per heavy atom. The smallest absolute Gasteiger partial charge is 0.234 e. The van der Waals surface area contributed by atoms with Crippen LogP contribution in [0.15, 0.2) is 90.0 Å². The van der Waals surface area contributed by atoms with Gasteiger partial charge in [0.1, 0.15) is 5.03 Å².